The molecule has 1 aliphatic heterocycles. The Hall–Kier alpha value is -2.62. The van der Waals surface area contributed by atoms with Gasteiger partial charge in [-0.1, -0.05) is 13.0 Å². The molecule has 0 bridgehead atoms. The van der Waals surface area contributed by atoms with Gasteiger partial charge in [0.15, 0.2) is 17.4 Å². The van der Waals surface area contributed by atoms with E-state index in [-0.39, 0.29) is 54.8 Å². The molecule has 1 saturated heterocycles. The molecule has 0 saturated carbocycles. The number of pyridine rings is 1. The van der Waals surface area contributed by atoms with Gasteiger partial charge in [-0.25, -0.2) is 28.5 Å². The summed E-state index contributed by atoms with van der Waals surface area (Å²) in [7, 11) is 0. The van der Waals surface area contributed by atoms with Gasteiger partial charge in [0.1, 0.15) is 5.69 Å². The summed E-state index contributed by atoms with van der Waals surface area (Å²) < 4.78 is 34.7. The maximum atomic E-state index is 14.6. The quantitative estimate of drug-likeness (QED) is 0.515. The topological polar surface area (TPSA) is 88.4 Å². The first-order chi connectivity index (χ1) is 15.9. The number of benzene rings is 1. The molecule has 34 heavy (non-hydrogen) atoms. The van der Waals surface area contributed by atoms with Crippen molar-refractivity contribution in [3.63, 3.8) is 0 Å². The first kappa shape index (κ1) is 26.0. The van der Waals surface area contributed by atoms with Crippen LogP contribution in [0.25, 0.3) is 11.1 Å². The van der Waals surface area contributed by atoms with Crippen LogP contribution in [0.15, 0.2) is 42.9 Å². The molecule has 0 radical (unpaired) electrons. The molecule has 2 aromatic heterocycles. The molecule has 4 rings (SSSR count). The van der Waals surface area contributed by atoms with Crippen LogP contribution < -0.4 is 39.2 Å². The minimum atomic E-state index is -1.17. The molecule has 3 heterocycles. The van der Waals surface area contributed by atoms with Crippen LogP contribution in [0.2, 0.25) is 0 Å². The second-order valence-corrected chi connectivity index (χ2v) is 7.99. The molecule has 1 aliphatic rings. The molecule has 3 aromatic rings. The normalized spacial score (nSPS) is 13.9. The summed E-state index contributed by atoms with van der Waals surface area (Å²) in [6.45, 7) is 3.77. The van der Waals surface area contributed by atoms with Crippen LogP contribution >= 0.6 is 0 Å². The number of carboxylic acid groups (broad SMARTS) is 1. The van der Waals surface area contributed by atoms with Crippen molar-refractivity contribution < 1.29 is 54.4 Å². The zero-order chi connectivity index (χ0) is 23.4. The number of hydrogen-bond donors (Lipinski definition) is 1. The molecule has 7 nitrogen and oxygen atoms in total. The summed E-state index contributed by atoms with van der Waals surface area (Å²) in [4.78, 5) is 25.6. The van der Waals surface area contributed by atoms with Gasteiger partial charge in [0.25, 0.3) is 0 Å². The number of halogens is 2. The molecule has 0 unspecified atom stereocenters. The summed E-state index contributed by atoms with van der Waals surface area (Å²) in [5.74, 6) is -2.33. The Labute approximate surface area is 220 Å². The van der Waals surface area contributed by atoms with Gasteiger partial charge in [0.05, 0.1) is 6.61 Å². The number of ether oxygens (including phenoxy) is 1. The molecule has 174 valence electrons. The number of aryl methyl sites for hydroxylation is 1. The van der Waals surface area contributed by atoms with Gasteiger partial charge in [-0.05, 0) is 54.5 Å². The first-order valence-corrected chi connectivity index (χ1v) is 10.8. The standard InChI is InChI=1S/C24H24F2N4O3.Na.H/c1-2-15-11-28-24(29-12-15)30-7-5-16(6-8-30)14-33-22-19(25)9-18(10-20(22)26)17-3-4-21(23(31)32)27-13-17;;/h3-4,9-13,16H,2,5-8,14H2,1H3,(H,31,32);;/q;+1;-1. The number of aromatic nitrogens is 3. The molecule has 0 amide bonds. The Morgan fingerprint density at radius 3 is 2.26 bits per heavy atom. The molecule has 1 N–H and O–H groups in total. The summed E-state index contributed by atoms with van der Waals surface area (Å²) in [5.41, 5.74) is 1.61. The number of carbonyl (C=O) groups is 1. The van der Waals surface area contributed by atoms with E-state index in [1.807, 2.05) is 12.4 Å². The predicted molar refractivity (Wildman–Crippen MR) is 120 cm³/mol. The van der Waals surface area contributed by atoms with Gasteiger partial charge in [0.2, 0.25) is 5.95 Å². The van der Waals surface area contributed by atoms with Crippen molar-refractivity contribution in [2.75, 3.05) is 24.6 Å². The number of nitrogens with zero attached hydrogens (tertiary/aromatic N) is 4. The smallest absolute Gasteiger partial charge is 1.00 e. The average molecular weight is 478 g/mol. The fourth-order valence-corrected chi connectivity index (χ4v) is 3.75. The van der Waals surface area contributed by atoms with Crippen LogP contribution in [-0.2, 0) is 6.42 Å². The van der Waals surface area contributed by atoms with E-state index in [9.17, 15) is 13.6 Å². The number of anilines is 1. The molecule has 0 spiro atoms. The fourth-order valence-electron chi connectivity index (χ4n) is 3.75. The molecule has 0 atom stereocenters. The second-order valence-electron chi connectivity index (χ2n) is 7.99. The largest absolute Gasteiger partial charge is 1.00 e. The Morgan fingerprint density at radius 2 is 1.74 bits per heavy atom. The van der Waals surface area contributed by atoms with Crippen LogP contribution in [0, 0.1) is 17.6 Å². The second kappa shape index (κ2) is 11.7. The number of rotatable bonds is 7. The van der Waals surface area contributed by atoms with Crippen molar-refractivity contribution in [1.29, 1.82) is 0 Å². The third-order valence-corrected chi connectivity index (χ3v) is 5.77. The third kappa shape index (κ3) is 6.08. The Morgan fingerprint density at radius 1 is 1.09 bits per heavy atom. The summed E-state index contributed by atoms with van der Waals surface area (Å²) in [6, 6.07) is 5.07. The third-order valence-electron chi connectivity index (χ3n) is 5.77. The fraction of sp³-hybridized carbons (Fsp3) is 0.333. The zero-order valence-electron chi connectivity index (χ0n) is 20.2. The number of hydrogen-bond acceptors (Lipinski definition) is 6. The van der Waals surface area contributed by atoms with E-state index in [0.717, 1.165) is 50.0 Å². The number of carboxylic acids is 1. The van der Waals surface area contributed by atoms with Crippen molar-refractivity contribution in [2.45, 2.75) is 26.2 Å². The Balaban J connectivity index is 0.00000216. The van der Waals surface area contributed by atoms with Gasteiger partial charge in [-0.3, -0.25) is 0 Å². The molecule has 0 aliphatic carbocycles. The van der Waals surface area contributed by atoms with Crippen LogP contribution in [-0.4, -0.2) is 45.7 Å². The maximum Gasteiger partial charge on any atom is 1.00 e. The Kier molecular flexibility index (Phi) is 8.93. The van der Waals surface area contributed by atoms with E-state index in [2.05, 4.69) is 26.8 Å². The SMILES string of the molecule is CCc1cnc(N2CCC(COc3c(F)cc(-c4ccc(C(=O)O)nc4)cc3F)CC2)nc1.[H-].[Na+]. The average Bonchev–Trinajstić information content (AvgIpc) is 2.84. The first-order valence-electron chi connectivity index (χ1n) is 10.8. The van der Waals surface area contributed by atoms with Gasteiger partial charge in [0, 0.05) is 37.2 Å². The van der Waals surface area contributed by atoms with Crippen molar-refractivity contribution >= 4 is 11.9 Å². The van der Waals surface area contributed by atoms with E-state index >= 15 is 0 Å². The molecular weight excluding hydrogens is 453 g/mol. The van der Waals surface area contributed by atoms with E-state index in [1.165, 1.54) is 18.3 Å². The molecule has 1 fully saturated rings. The van der Waals surface area contributed by atoms with Crippen molar-refractivity contribution in [1.82, 2.24) is 15.0 Å². The minimum absolute atomic E-state index is 0. The van der Waals surface area contributed by atoms with Crippen LogP contribution in [0.4, 0.5) is 14.7 Å². The van der Waals surface area contributed by atoms with Crippen molar-refractivity contribution in [3.05, 3.63) is 65.7 Å². The van der Waals surface area contributed by atoms with Gasteiger partial charge >= 0.3 is 35.5 Å². The van der Waals surface area contributed by atoms with Gasteiger partial charge in [-0.15, -0.1) is 0 Å². The molecule has 10 heteroatoms. The van der Waals surface area contributed by atoms with Crippen LogP contribution in [0.5, 0.6) is 5.75 Å². The van der Waals surface area contributed by atoms with Crippen molar-refractivity contribution in [3.8, 4) is 16.9 Å². The van der Waals surface area contributed by atoms with Crippen LogP contribution in [0.3, 0.4) is 0 Å². The van der Waals surface area contributed by atoms with E-state index in [4.69, 9.17) is 9.84 Å². The van der Waals surface area contributed by atoms with E-state index in [1.54, 1.807) is 0 Å². The number of piperidine rings is 1. The summed E-state index contributed by atoms with van der Waals surface area (Å²) >= 11 is 0. The molecule has 1 aromatic carbocycles. The van der Waals surface area contributed by atoms with Gasteiger partial charge < -0.3 is 16.2 Å². The summed E-state index contributed by atoms with van der Waals surface area (Å²) in [6.07, 6.45) is 7.45. The Bertz CT molecular complexity index is 1110. The van der Waals surface area contributed by atoms with Crippen molar-refractivity contribution in [2.24, 2.45) is 5.92 Å². The summed E-state index contributed by atoms with van der Waals surface area (Å²) in [5, 5.41) is 8.92. The molecular formula is C24H25F2N4NaO3. The maximum absolute atomic E-state index is 14.6. The monoisotopic (exact) mass is 478 g/mol. The van der Waals surface area contributed by atoms with E-state index < -0.39 is 23.4 Å². The van der Waals surface area contributed by atoms with Gasteiger partial charge in [-0.2, -0.15) is 0 Å². The predicted octanol–water partition coefficient (Wildman–Crippen LogP) is 1.49. The van der Waals surface area contributed by atoms with E-state index in [0.29, 0.717) is 11.5 Å². The van der Waals surface area contributed by atoms with Crippen LogP contribution in [0.1, 0.15) is 37.2 Å². The number of aromatic carboxylic acids is 1. The minimum Gasteiger partial charge on any atom is -1.00 e. The zero-order valence-corrected chi connectivity index (χ0v) is 21.2.